The lowest BCUT2D eigenvalue weighted by Gasteiger charge is -2.22. The van der Waals surface area contributed by atoms with Gasteiger partial charge in [-0.3, -0.25) is 14.9 Å². The molecule has 1 unspecified atom stereocenters. The van der Waals surface area contributed by atoms with Crippen molar-refractivity contribution in [2.45, 2.75) is 19.3 Å². The number of benzene rings is 1. The lowest BCUT2D eigenvalue weighted by Crippen LogP contribution is -2.32. The molecular formula is C14H19N3O4. The fourth-order valence-electron chi connectivity index (χ4n) is 2.46. The number of carbonyl (C=O) groups excluding carboxylic acids is 1. The standard InChI is InChI=1S/C14H19N3O4/c1-21-11-4-5-12(13(8-11)17(19)20)16-14(18)7-10-3-2-6-15-9-10/h4-5,8,10,15H,2-3,6-7,9H2,1H3,(H,16,18). The van der Waals surface area contributed by atoms with Crippen LogP contribution in [0.15, 0.2) is 18.2 Å². The van der Waals surface area contributed by atoms with Crippen LogP contribution in [0, 0.1) is 16.0 Å². The van der Waals surface area contributed by atoms with E-state index in [0.29, 0.717) is 12.2 Å². The first-order chi connectivity index (χ1) is 10.1. The highest BCUT2D eigenvalue weighted by molar-refractivity contribution is 5.93. The number of methoxy groups -OCH3 is 1. The van der Waals surface area contributed by atoms with Crippen molar-refractivity contribution in [1.29, 1.82) is 0 Å². The number of nitro groups is 1. The smallest absolute Gasteiger partial charge is 0.296 e. The second-order valence-electron chi connectivity index (χ2n) is 5.10. The number of hydrogen-bond acceptors (Lipinski definition) is 5. The van der Waals surface area contributed by atoms with E-state index < -0.39 is 4.92 Å². The third kappa shape index (κ3) is 4.16. The number of nitrogens with zero attached hydrogens (tertiary/aromatic N) is 1. The minimum absolute atomic E-state index is 0.163. The topological polar surface area (TPSA) is 93.5 Å². The molecule has 1 aliphatic heterocycles. The molecule has 1 saturated heterocycles. The number of amides is 1. The van der Waals surface area contributed by atoms with Crippen molar-refractivity contribution in [2.75, 3.05) is 25.5 Å². The largest absolute Gasteiger partial charge is 0.496 e. The van der Waals surface area contributed by atoms with Crippen molar-refractivity contribution < 1.29 is 14.5 Å². The number of ether oxygens (including phenoxy) is 1. The third-order valence-electron chi connectivity index (χ3n) is 3.55. The Hall–Kier alpha value is -2.15. The second-order valence-corrected chi connectivity index (χ2v) is 5.10. The zero-order valence-electron chi connectivity index (χ0n) is 11.9. The molecule has 1 atom stereocenters. The molecule has 1 amide bonds. The Labute approximate surface area is 122 Å². The average Bonchev–Trinajstić information content (AvgIpc) is 2.48. The highest BCUT2D eigenvalue weighted by Gasteiger charge is 2.20. The van der Waals surface area contributed by atoms with E-state index in [4.69, 9.17) is 4.74 Å². The molecule has 0 bridgehead atoms. The molecular weight excluding hydrogens is 274 g/mol. The van der Waals surface area contributed by atoms with Gasteiger partial charge in [0.25, 0.3) is 5.69 Å². The van der Waals surface area contributed by atoms with E-state index in [9.17, 15) is 14.9 Å². The first kappa shape index (κ1) is 15.2. The van der Waals surface area contributed by atoms with Gasteiger partial charge in [-0.2, -0.15) is 0 Å². The van der Waals surface area contributed by atoms with Crippen molar-refractivity contribution in [3.8, 4) is 5.75 Å². The van der Waals surface area contributed by atoms with Crippen LogP contribution >= 0.6 is 0 Å². The van der Waals surface area contributed by atoms with Crippen LogP contribution < -0.4 is 15.4 Å². The van der Waals surface area contributed by atoms with Gasteiger partial charge in [-0.05, 0) is 44.0 Å². The Morgan fingerprint density at radius 3 is 3.00 bits per heavy atom. The highest BCUT2D eigenvalue weighted by atomic mass is 16.6. The lowest BCUT2D eigenvalue weighted by molar-refractivity contribution is -0.384. The third-order valence-corrected chi connectivity index (χ3v) is 3.55. The summed E-state index contributed by atoms with van der Waals surface area (Å²) in [6, 6.07) is 4.39. The molecule has 0 radical (unpaired) electrons. The van der Waals surface area contributed by atoms with Gasteiger partial charge in [0.1, 0.15) is 11.4 Å². The Morgan fingerprint density at radius 2 is 2.38 bits per heavy atom. The van der Waals surface area contributed by atoms with Crippen LogP contribution in [-0.2, 0) is 4.79 Å². The van der Waals surface area contributed by atoms with Crippen LogP contribution in [0.3, 0.4) is 0 Å². The van der Waals surface area contributed by atoms with E-state index in [-0.39, 0.29) is 23.2 Å². The first-order valence-electron chi connectivity index (χ1n) is 6.93. The monoisotopic (exact) mass is 293 g/mol. The number of piperidine rings is 1. The number of carbonyl (C=O) groups is 1. The summed E-state index contributed by atoms with van der Waals surface area (Å²) in [5.41, 5.74) is 0.0408. The molecule has 0 aliphatic carbocycles. The van der Waals surface area contributed by atoms with E-state index in [0.717, 1.165) is 25.9 Å². The Morgan fingerprint density at radius 1 is 1.57 bits per heavy atom. The predicted molar refractivity (Wildman–Crippen MR) is 78.5 cm³/mol. The summed E-state index contributed by atoms with van der Waals surface area (Å²) < 4.78 is 4.96. The summed E-state index contributed by atoms with van der Waals surface area (Å²) >= 11 is 0. The van der Waals surface area contributed by atoms with Gasteiger partial charge in [-0.1, -0.05) is 0 Å². The SMILES string of the molecule is COc1ccc(NC(=O)CC2CCCNC2)c([N+](=O)[O-])c1. The normalized spacial score (nSPS) is 18.0. The summed E-state index contributed by atoms with van der Waals surface area (Å²) in [6.45, 7) is 1.81. The van der Waals surface area contributed by atoms with E-state index in [1.165, 1.54) is 19.2 Å². The van der Waals surface area contributed by atoms with E-state index >= 15 is 0 Å². The van der Waals surface area contributed by atoms with Crippen molar-refractivity contribution >= 4 is 17.3 Å². The molecule has 1 fully saturated rings. The maximum atomic E-state index is 12.0. The summed E-state index contributed by atoms with van der Waals surface area (Å²) in [6.07, 6.45) is 2.43. The Kier molecular flexibility index (Phi) is 5.10. The molecule has 1 heterocycles. The van der Waals surface area contributed by atoms with Gasteiger partial charge >= 0.3 is 0 Å². The van der Waals surface area contributed by atoms with Gasteiger partial charge in [0.2, 0.25) is 5.91 Å². The van der Waals surface area contributed by atoms with Crippen molar-refractivity contribution in [1.82, 2.24) is 5.32 Å². The van der Waals surface area contributed by atoms with Gasteiger partial charge < -0.3 is 15.4 Å². The zero-order chi connectivity index (χ0) is 15.2. The first-order valence-corrected chi connectivity index (χ1v) is 6.93. The molecule has 2 rings (SSSR count). The number of anilines is 1. The summed E-state index contributed by atoms with van der Waals surface area (Å²) in [7, 11) is 1.44. The van der Waals surface area contributed by atoms with Crippen LogP contribution in [-0.4, -0.2) is 31.0 Å². The molecule has 0 spiro atoms. The number of rotatable bonds is 5. The van der Waals surface area contributed by atoms with Gasteiger partial charge in [-0.25, -0.2) is 0 Å². The lowest BCUT2D eigenvalue weighted by atomic mass is 9.96. The van der Waals surface area contributed by atoms with Crippen LogP contribution in [0.5, 0.6) is 5.75 Å². The molecule has 1 aromatic carbocycles. The van der Waals surface area contributed by atoms with Crippen LogP contribution in [0.25, 0.3) is 0 Å². The Bertz CT molecular complexity index is 527. The molecule has 0 saturated carbocycles. The Balaban J connectivity index is 2.04. The minimum atomic E-state index is -0.527. The summed E-state index contributed by atoms with van der Waals surface area (Å²) in [4.78, 5) is 22.5. The van der Waals surface area contributed by atoms with E-state index in [1.54, 1.807) is 6.07 Å². The molecule has 114 valence electrons. The molecule has 7 heteroatoms. The predicted octanol–water partition coefficient (Wildman–Crippen LogP) is 1.93. The fourth-order valence-corrected chi connectivity index (χ4v) is 2.46. The summed E-state index contributed by atoms with van der Waals surface area (Å²) in [5, 5.41) is 16.9. The van der Waals surface area contributed by atoms with Gasteiger partial charge in [0, 0.05) is 6.42 Å². The average molecular weight is 293 g/mol. The molecule has 7 nitrogen and oxygen atoms in total. The number of nitrogens with one attached hydrogen (secondary N) is 2. The maximum absolute atomic E-state index is 12.0. The van der Waals surface area contributed by atoms with Gasteiger partial charge in [-0.15, -0.1) is 0 Å². The second kappa shape index (κ2) is 7.03. The van der Waals surface area contributed by atoms with E-state index in [2.05, 4.69) is 10.6 Å². The molecule has 2 N–H and O–H groups in total. The number of nitro benzene ring substituents is 1. The zero-order valence-corrected chi connectivity index (χ0v) is 11.9. The highest BCUT2D eigenvalue weighted by Crippen LogP contribution is 2.29. The van der Waals surface area contributed by atoms with Crippen molar-refractivity contribution in [2.24, 2.45) is 5.92 Å². The van der Waals surface area contributed by atoms with Gasteiger partial charge in [0.15, 0.2) is 0 Å². The van der Waals surface area contributed by atoms with Crippen molar-refractivity contribution in [3.63, 3.8) is 0 Å². The fraction of sp³-hybridized carbons (Fsp3) is 0.500. The van der Waals surface area contributed by atoms with Crippen LogP contribution in [0.4, 0.5) is 11.4 Å². The number of hydrogen-bond donors (Lipinski definition) is 2. The van der Waals surface area contributed by atoms with Gasteiger partial charge in [0.05, 0.1) is 18.1 Å². The van der Waals surface area contributed by atoms with Crippen molar-refractivity contribution in [3.05, 3.63) is 28.3 Å². The minimum Gasteiger partial charge on any atom is -0.496 e. The quantitative estimate of drug-likeness (QED) is 0.639. The van der Waals surface area contributed by atoms with Crippen LogP contribution in [0.1, 0.15) is 19.3 Å². The van der Waals surface area contributed by atoms with Crippen LogP contribution in [0.2, 0.25) is 0 Å². The molecule has 1 aliphatic rings. The molecule has 0 aromatic heterocycles. The summed E-state index contributed by atoms with van der Waals surface area (Å²) in [5.74, 6) is 0.476. The molecule has 21 heavy (non-hydrogen) atoms. The molecule has 1 aromatic rings. The van der Waals surface area contributed by atoms with E-state index in [1.807, 2.05) is 0 Å². The maximum Gasteiger partial charge on any atom is 0.296 e.